The number of aliphatic hydroxyl groups excluding tert-OH is 1. The Morgan fingerprint density at radius 1 is 1.17 bits per heavy atom. The first kappa shape index (κ1) is 12.7. The van der Waals surface area contributed by atoms with Crippen molar-refractivity contribution >= 4 is 0 Å². The molecule has 0 bridgehead atoms. The molecular formula is C15H17NO2. The lowest BCUT2D eigenvalue weighted by atomic mass is 10.0. The maximum absolute atomic E-state index is 10.1. The van der Waals surface area contributed by atoms with Crippen LogP contribution in [0.1, 0.15) is 22.8 Å². The molecule has 0 spiro atoms. The Morgan fingerprint density at radius 3 is 2.56 bits per heavy atom. The Kier molecular flexibility index (Phi) is 4.45. The Balaban J connectivity index is 2.02. The first-order valence-electron chi connectivity index (χ1n) is 5.94. The van der Waals surface area contributed by atoms with Crippen molar-refractivity contribution in [1.29, 1.82) is 0 Å². The summed E-state index contributed by atoms with van der Waals surface area (Å²) in [5.74, 6) is 0. The van der Waals surface area contributed by atoms with Crippen LogP contribution in [0, 0.1) is 0 Å². The average Bonchev–Trinajstić information content (AvgIpc) is 2.41. The van der Waals surface area contributed by atoms with Gasteiger partial charge in [-0.05, 0) is 22.8 Å². The van der Waals surface area contributed by atoms with E-state index >= 15 is 0 Å². The average molecular weight is 243 g/mol. The van der Waals surface area contributed by atoms with Gasteiger partial charge < -0.3 is 9.84 Å². The first-order valence-corrected chi connectivity index (χ1v) is 5.94. The lowest BCUT2D eigenvalue weighted by Crippen LogP contribution is -2.02. The molecule has 0 saturated carbocycles. The van der Waals surface area contributed by atoms with Crippen LogP contribution in [0.5, 0.6) is 0 Å². The number of rotatable bonds is 5. The predicted octanol–water partition coefficient (Wildman–Crippen LogP) is 2.50. The van der Waals surface area contributed by atoms with Gasteiger partial charge in [0, 0.05) is 25.9 Å². The zero-order valence-corrected chi connectivity index (χ0v) is 10.4. The van der Waals surface area contributed by atoms with E-state index in [1.807, 2.05) is 36.4 Å². The van der Waals surface area contributed by atoms with E-state index in [-0.39, 0.29) is 0 Å². The van der Waals surface area contributed by atoms with E-state index in [4.69, 9.17) is 4.74 Å². The van der Waals surface area contributed by atoms with Crippen LogP contribution in [-0.2, 0) is 17.8 Å². The van der Waals surface area contributed by atoms with Crippen LogP contribution in [0.25, 0.3) is 0 Å². The Morgan fingerprint density at radius 2 is 1.94 bits per heavy atom. The number of hydrogen-bond donors (Lipinski definition) is 1. The Bertz CT molecular complexity index is 468. The molecule has 0 amide bonds. The number of hydrogen-bond acceptors (Lipinski definition) is 3. The number of benzene rings is 1. The number of nitrogens with zero attached hydrogens (tertiary/aromatic N) is 1. The van der Waals surface area contributed by atoms with Gasteiger partial charge in [0.25, 0.3) is 0 Å². The molecule has 1 aromatic carbocycles. The largest absolute Gasteiger partial charge is 0.388 e. The van der Waals surface area contributed by atoms with Gasteiger partial charge in [-0.15, -0.1) is 0 Å². The Hall–Kier alpha value is -1.71. The smallest absolute Gasteiger partial charge is 0.0830 e. The highest BCUT2D eigenvalue weighted by atomic mass is 16.5. The molecule has 0 radical (unpaired) electrons. The van der Waals surface area contributed by atoms with E-state index in [1.54, 1.807) is 19.5 Å². The van der Waals surface area contributed by atoms with Gasteiger partial charge in [0.15, 0.2) is 0 Å². The van der Waals surface area contributed by atoms with Gasteiger partial charge in [-0.25, -0.2) is 0 Å². The lowest BCUT2D eigenvalue weighted by molar-refractivity contribution is 0.177. The van der Waals surface area contributed by atoms with Crippen LogP contribution in [0.15, 0.2) is 48.8 Å². The third-order valence-electron chi connectivity index (χ3n) is 2.83. The molecule has 3 nitrogen and oxygen atoms in total. The quantitative estimate of drug-likeness (QED) is 0.877. The highest BCUT2D eigenvalue weighted by molar-refractivity contribution is 5.25. The standard InChI is InChI=1S/C15H17NO2/c1-18-11-12-4-6-14(7-5-12)15(17)9-13-3-2-8-16-10-13/h2-8,10,15,17H,9,11H2,1H3. The molecule has 2 aromatic rings. The summed E-state index contributed by atoms with van der Waals surface area (Å²) in [7, 11) is 1.67. The predicted molar refractivity (Wildman–Crippen MR) is 70.1 cm³/mol. The molecule has 1 atom stereocenters. The molecule has 0 aliphatic carbocycles. The second kappa shape index (κ2) is 6.28. The van der Waals surface area contributed by atoms with Gasteiger partial charge in [0.2, 0.25) is 0 Å². The summed E-state index contributed by atoms with van der Waals surface area (Å²) >= 11 is 0. The van der Waals surface area contributed by atoms with Crippen LogP contribution in [-0.4, -0.2) is 17.2 Å². The van der Waals surface area contributed by atoms with E-state index in [0.717, 1.165) is 16.7 Å². The molecule has 3 heteroatoms. The van der Waals surface area contributed by atoms with Crippen molar-refractivity contribution in [1.82, 2.24) is 4.98 Å². The van der Waals surface area contributed by atoms with E-state index in [1.165, 1.54) is 0 Å². The van der Waals surface area contributed by atoms with E-state index in [0.29, 0.717) is 13.0 Å². The van der Waals surface area contributed by atoms with Gasteiger partial charge in [-0.3, -0.25) is 4.98 Å². The number of methoxy groups -OCH3 is 1. The highest BCUT2D eigenvalue weighted by Crippen LogP contribution is 2.18. The van der Waals surface area contributed by atoms with Crippen LogP contribution in [0.2, 0.25) is 0 Å². The van der Waals surface area contributed by atoms with Gasteiger partial charge in [0.1, 0.15) is 0 Å². The zero-order valence-electron chi connectivity index (χ0n) is 10.4. The summed E-state index contributed by atoms with van der Waals surface area (Å²) in [6.45, 7) is 0.596. The van der Waals surface area contributed by atoms with Crippen LogP contribution in [0.4, 0.5) is 0 Å². The van der Waals surface area contributed by atoms with Crippen molar-refractivity contribution in [3.05, 3.63) is 65.5 Å². The fourth-order valence-electron chi connectivity index (χ4n) is 1.86. The van der Waals surface area contributed by atoms with Crippen molar-refractivity contribution in [3.8, 4) is 0 Å². The third-order valence-corrected chi connectivity index (χ3v) is 2.83. The summed E-state index contributed by atoms with van der Waals surface area (Å²) in [5, 5.41) is 10.1. The summed E-state index contributed by atoms with van der Waals surface area (Å²) in [6.07, 6.45) is 3.60. The van der Waals surface area contributed by atoms with Gasteiger partial charge in [-0.2, -0.15) is 0 Å². The molecule has 1 aromatic heterocycles. The van der Waals surface area contributed by atoms with E-state index < -0.39 is 6.10 Å². The molecule has 0 aliphatic heterocycles. The second-order valence-electron chi connectivity index (χ2n) is 4.26. The molecule has 0 saturated heterocycles. The zero-order chi connectivity index (χ0) is 12.8. The monoisotopic (exact) mass is 243 g/mol. The Labute approximate surface area is 107 Å². The molecule has 2 rings (SSSR count). The van der Waals surface area contributed by atoms with Crippen molar-refractivity contribution in [2.75, 3.05) is 7.11 Å². The minimum atomic E-state index is -0.495. The summed E-state index contributed by atoms with van der Waals surface area (Å²) < 4.78 is 5.05. The topological polar surface area (TPSA) is 42.4 Å². The first-order chi connectivity index (χ1) is 8.79. The normalized spacial score (nSPS) is 12.3. The molecule has 0 fully saturated rings. The molecule has 0 aliphatic rings. The molecule has 1 N–H and O–H groups in total. The van der Waals surface area contributed by atoms with Crippen molar-refractivity contribution in [2.45, 2.75) is 19.1 Å². The molecular weight excluding hydrogens is 226 g/mol. The summed E-state index contributed by atoms with van der Waals surface area (Å²) in [5.41, 5.74) is 3.06. The van der Waals surface area contributed by atoms with Crippen LogP contribution < -0.4 is 0 Å². The number of pyridine rings is 1. The molecule has 1 heterocycles. The van der Waals surface area contributed by atoms with E-state index in [9.17, 15) is 5.11 Å². The van der Waals surface area contributed by atoms with Gasteiger partial charge in [0.05, 0.1) is 12.7 Å². The number of aliphatic hydroxyl groups is 1. The number of aromatic nitrogens is 1. The minimum absolute atomic E-state index is 0.495. The lowest BCUT2D eigenvalue weighted by Gasteiger charge is -2.11. The van der Waals surface area contributed by atoms with Crippen LogP contribution in [0.3, 0.4) is 0 Å². The highest BCUT2D eigenvalue weighted by Gasteiger charge is 2.08. The van der Waals surface area contributed by atoms with Crippen molar-refractivity contribution in [3.63, 3.8) is 0 Å². The molecule has 1 unspecified atom stereocenters. The maximum atomic E-state index is 10.1. The fraction of sp³-hybridized carbons (Fsp3) is 0.267. The second-order valence-corrected chi connectivity index (χ2v) is 4.26. The SMILES string of the molecule is COCc1ccc(C(O)Cc2cccnc2)cc1. The summed E-state index contributed by atoms with van der Waals surface area (Å²) in [6, 6.07) is 11.7. The van der Waals surface area contributed by atoms with E-state index in [2.05, 4.69) is 4.98 Å². The minimum Gasteiger partial charge on any atom is -0.388 e. The fourth-order valence-corrected chi connectivity index (χ4v) is 1.86. The molecule has 94 valence electrons. The van der Waals surface area contributed by atoms with Crippen molar-refractivity contribution < 1.29 is 9.84 Å². The van der Waals surface area contributed by atoms with Crippen LogP contribution >= 0.6 is 0 Å². The van der Waals surface area contributed by atoms with Crippen molar-refractivity contribution in [2.24, 2.45) is 0 Å². The van der Waals surface area contributed by atoms with Gasteiger partial charge >= 0.3 is 0 Å². The molecule has 18 heavy (non-hydrogen) atoms. The maximum Gasteiger partial charge on any atom is 0.0830 e. The van der Waals surface area contributed by atoms with Gasteiger partial charge in [-0.1, -0.05) is 30.3 Å². The third kappa shape index (κ3) is 3.39. The number of ether oxygens (including phenoxy) is 1. The summed E-state index contributed by atoms with van der Waals surface area (Å²) in [4.78, 5) is 4.04.